The molecule has 2 aliphatic heterocycles. The fourth-order valence-corrected chi connectivity index (χ4v) is 4.56. The van der Waals surface area contributed by atoms with Crippen molar-refractivity contribution >= 4 is 39.9 Å². The molecule has 9 heteroatoms. The van der Waals surface area contributed by atoms with Crippen molar-refractivity contribution < 1.29 is 18.1 Å². The first-order chi connectivity index (χ1) is 11.9. The van der Waals surface area contributed by atoms with E-state index in [2.05, 4.69) is 5.32 Å². The van der Waals surface area contributed by atoms with Gasteiger partial charge in [-0.25, -0.2) is 9.18 Å². The van der Waals surface area contributed by atoms with Crippen LogP contribution >= 0.6 is 12.2 Å². The van der Waals surface area contributed by atoms with E-state index < -0.39 is 23.0 Å². The quantitative estimate of drug-likeness (QED) is 0.766. The van der Waals surface area contributed by atoms with Gasteiger partial charge >= 0.3 is 6.09 Å². The Kier molecular flexibility index (Phi) is 5.53. The number of nitrogens with zero attached hydrogens (tertiary/aromatic N) is 1. The Balaban J connectivity index is 1.69. The van der Waals surface area contributed by atoms with E-state index in [1.807, 2.05) is 0 Å². The summed E-state index contributed by atoms with van der Waals surface area (Å²) >= 11 is 4.73. The van der Waals surface area contributed by atoms with E-state index in [1.54, 1.807) is 12.1 Å². The molecule has 2 fully saturated rings. The monoisotopic (exact) mass is 385 g/mol. The van der Waals surface area contributed by atoms with Crippen molar-refractivity contribution in [2.24, 2.45) is 5.73 Å². The second-order valence-electron chi connectivity index (χ2n) is 6.19. The lowest BCUT2D eigenvalue weighted by Gasteiger charge is -2.23. The number of amides is 1. The van der Waals surface area contributed by atoms with Crippen LogP contribution in [0.1, 0.15) is 24.3 Å². The number of halogens is 1. The molecule has 2 heterocycles. The molecule has 1 aromatic carbocycles. The van der Waals surface area contributed by atoms with Gasteiger partial charge in [-0.1, -0.05) is 6.07 Å². The summed E-state index contributed by atoms with van der Waals surface area (Å²) in [5.41, 5.74) is 6.45. The molecule has 0 radical (unpaired) electrons. The van der Waals surface area contributed by atoms with Crippen molar-refractivity contribution in [3.63, 3.8) is 0 Å². The lowest BCUT2D eigenvalue weighted by Crippen LogP contribution is -2.37. The second kappa shape index (κ2) is 7.65. The van der Waals surface area contributed by atoms with Crippen LogP contribution in [0.3, 0.4) is 0 Å². The largest absolute Gasteiger partial charge is 0.442 e. The number of anilines is 1. The number of ether oxygens (including phenoxy) is 1. The molecule has 0 saturated carbocycles. The molecule has 25 heavy (non-hydrogen) atoms. The van der Waals surface area contributed by atoms with Gasteiger partial charge < -0.3 is 15.8 Å². The Morgan fingerprint density at radius 2 is 2.16 bits per heavy atom. The van der Waals surface area contributed by atoms with Crippen LogP contribution in [0.15, 0.2) is 18.2 Å². The van der Waals surface area contributed by atoms with Gasteiger partial charge in [-0.15, -0.1) is 0 Å². The number of benzene rings is 1. The molecule has 1 aromatic rings. The van der Waals surface area contributed by atoms with Crippen LogP contribution in [0, 0.1) is 5.82 Å². The van der Waals surface area contributed by atoms with Gasteiger partial charge in [0.25, 0.3) is 0 Å². The number of cyclic esters (lactones) is 1. The van der Waals surface area contributed by atoms with Crippen molar-refractivity contribution in [1.82, 2.24) is 5.32 Å². The van der Waals surface area contributed by atoms with Crippen molar-refractivity contribution in [2.75, 3.05) is 29.5 Å². The van der Waals surface area contributed by atoms with Crippen LogP contribution < -0.4 is 16.0 Å². The zero-order valence-electron chi connectivity index (χ0n) is 13.6. The zero-order chi connectivity index (χ0) is 18.0. The molecular weight excluding hydrogens is 365 g/mol. The number of hydrogen-bond acceptors (Lipinski definition) is 4. The number of nitrogens with one attached hydrogen (secondary N) is 1. The molecule has 136 valence electrons. The van der Waals surface area contributed by atoms with Crippen molar-refractivity contribution in [3.8, 4) is 0 Å². The summed E-state index contributed by atoms with van der Waals surface area (Å²) < 4.78 is 31.2. The van der Waals surface area contributed by atoms with E-state index in [4.69, 9.17) is 22.7 Å². The number of carbonyl (C=O) groups is 1. The van der Waals surface area contributed by atoms with E-state index in [9.17, 15) is 13.4 Å². The molecule has 1 unspecified atom stereocenters. The lowest BCUT2D eigenvalue weighted by molar-refractivity contribution is 0.143. The minimum absolute atomic E-state index is 0.0831. The standard InChI is InChI=1S/C16H20FN3O3S2/c17-14-7-11(1-2-13(14)10-3-5-25(22)6-4-10)20-9-12(23-16(20)21)8-19-15(18)24/h1-2,7,10,12H,3-6,8-9H2,(H3,18,19,24). The first kappa shape index (κ1) is 18.1. The average Bonchev–Trinajstić information content (AvgIpc) is 2.95. The highest BCUT2D eigenvalue weighted by molar-refractivity contribution is 7.85. The van der Waals surface area contributed by atoms with E-state index in [0.717, 1.165) is 12.8 Å². The second-order valence-corrected chi connectivity index (χ2v) is 8.33. The molecule has 3 rings (SSSR count). The lowest BCUT2D eigenvalue weighted by atomic mass is 9.93. The van der Waals surface area contributed by atoms with Crippen LogP contribution in [0.2, 0.25) is 0 Å². The molecule has 1 atom stereocenters. The van der Waals surface area contributed by atoms with E-state index in [-0.39, 0.29) is 16.8 Å². The first-order valence-electron chi connectivity index (χ1n) is 8.10. The summed E-state index contributed by atoms with van der Waals surface area (Å²) in [7, 11) is -0.778. The van der Waals surface area contributed by atoms with Gasteiger partial charge in [0.15, 0.2) is 5.11 Å². The van der Waals surface area contributed by atoms with E-state index >= 15 is 0 Å². The Bertz CT molecular complexity index is 706. The SMILES string of the molecule is NC(=S)NCC1CN(c2ccc(C3CCS(=O)CC3)c(F)c2)C(=O)O1. The van der Waals surface area contributed by atoms with Gasteiger partial charge in [0.2, 0.25) is 0 Å². The third-order valence-electron chi connectivity index (χ3n) is 4.50. The fraction of sp³-hybridized carbons (Fsp3) is 0.500. The third kappa shape index (κ3) is 4.27. The summed E-state index contributed by atoms with van der Waals surface area (Å²) in [5.74, 6) is 0.969. The third-order valence-corrected chi connectivity index (χ3v) is 6.03. The Morgan fingerprint density at radius 3 is 2.80 bits per heavy atom. The van der Waals surface area contributed by atoms with E-state index in [0.29, 0.717) is 35.8 Å². The topological polar surface area (TPSA) is 84.7 Å². The molecule has 2 aliphatic rings. The summed E-state index contributed by atoms with van der Waals surface area (Å²) in [6.45, 7) is 0.618. The molecule has 2 saturated heterocycles. The smallest absolute Gasteiger partial charge is 0.414 e. The highest BCUT2D eigenvalue weighted by Crippen LogP contribution is 2.32. The number of nitrogens with two attached hydrogens (primary N) is 1. The fourth-order valence-electron chi connectivity index (χ4n) is 3.17. The molecule has 0 spiro atoms. The van der Waals surface area contributed by atoms with Crippen LogP contribution in [0.25, 0.3) is 0 Å². The van der Waals surface area contributed by atoms with Crippen LogP contribution in [0.5, 0.6) is 0 Å². The van der Waals surface area contributed by atoms with Crippen LogP contribution in [-0.4, -0.2) is 46.1 Å². The number of carbonyl (C=O) groups excluding carboxylic acids is 1. The highest BCUT2D eigenvalue weighted by atomic mass is 32.2. The molecule has 6 nitrogen and oxygen atoms in total. The zero-order valence-corrected chi connectivity index (χ0v) is 15.2. The van der Waals surface area contributed by atoms with Crippen molar-refractivity contribution in [2.45, 2.75) is 24.9 Å². The van der Waals surface area contributed by atoms with Gasteiger partial charge in [0.05, 0.1) is 18.8 Å². The number of rotatable bonds is 4. The maximum Gasteiger partial charge on any atom is 0.414 e. The summed E-state index contributed by atoms with van der Waals surface area (Å²) in [6, 6.07) is 4.82. The summed E-state index contributed by atoms with van der Waals surface area (Å²) in [5, 5.41) is 2.89. The Labute approximate surface area is 153 Å². The summed E-state index contributed by atoms with van der Waals surface area (Å²) in [4.78, 5) is 13.4. The first-order valence-corrected chi connectivity index (χ1v) is 9.99. The Hall–Kier alpha value is -1.74. The van der Waals surface area contributed by atoms with E-state index in [1.165, 1.54) is 11.0 Å². The predicted molar refractivity (Wildman–Crippen MR) is 98.7 cm³/mol. The maximum atomic E-state index is 14.6. The van der Waals surface area contributed by atoms with Gasteiger partial charge in [-0.2, -0.15) is 0 Å². The molecule has 3 N–H and O–H groups in total. The van der Waals surface area contributed by atoms with Gasteiger partial charge in [-0.05, 0) is 48.7 Å². The van der Waals surface area contributed by atoms with Crippen molar-refractivity contribution in [3.05, 3.63) is 29.6 Å². The normalized spacial score (nSPS) is 26.4. The van der Waals surface area contributed by atoms with Crippen LogP contribution in [-0.2, 0) is 15.5 Å². The van der Waals surface area contributed by atoms with Gasteiger partial charge in [0, 0.05) is 22.3 Å². The average molecular weight is 385 g/mol. The summed E-state index contributed by atoms with van der Waals surface area (Å²) in [6.07, 6.45) is 0.531. The van der Waals surface area contributed by atoms with Gasteiger partial charge in [-0.3, -0.25) is 9.11 Å². The van der Waals surface area contributed by atoms with Crippen molar-refractivity contribution in [1.29, 1.82) is 0 Å². The molecular formula is C16H20FN3O3S2. The number of hydrogen-bond donors (Lipinski definition) is 2. The molecule has 0 bridgehead atoms. The highest BCUT2D eigenvalue weighted by Gasteiger charge is 2.33. The Morgan fingerprint density at radius 1 is 1.44 bits per heavy atom. The maximum absolute atomic E-state index is 14.6. The van der Waals surface area contributed by atoms with Gasteiger partial charge in [0.1, 0.15) is 11.9 Å². The molecule has 0 aliphatic carbocycles. The van der Waals surface area contributed by atoms with Crippen LogP contribution in [0.4, 0.5) is 14.9 Å². The molecule has 0 aromatic heterocycles. The molecule has 1 amide bonds. The number of thiocarbonyl (C=S) groups is 1. The predicted octanol–water partition coefficient (Wildman–Crippen LogP) is 1.61. The minimum atomic E-state index is -0.778. The minimum Gasteiger partial charge on any atom is -0.442 e.